The van der Waals surface area contributed by atoms with E-state index in [1.165, 1.54) is 9.96 Å². The summed E-state index contributed by atoms with van der Waals surface area (Å²) < 4.78 is 0. The van der Waals surface area contributed by atoms with E-state index in [0.717, 1.165) is 0 Å². The largest absolute Gasteiger partial charge is 0.313 e. The summed E-state index contributed by atoms with van der Waals surface area (Å²) in [5.74, 6) is -0.438. The lowest BCUT2D eigenvalue weighted by Crippen LogP contribution is -2.63. The van der Waals surface area contributed by atoms with Crippen LogP contribution in [0.15, 0.2) is 24.3 Å². The Labute approximate surface area is 130 Å². The van der Waals surface area contributed by atoms with Crippen molar-refractivity contribution in [1.82, 2.24) is 9.96 Å². The summed E-state index contributed by atoms with van der Waals surface area (Å²) in [5, 5.41) is 11.7. The number of fused-ring (bicyclic) bond motifs is 1. The topological polar surface area (TPSA) is 60.9 Å². The van der Waals surface area contributed by atoms with E-state index in [0.29, 0.717) is 24.0 Å². The maximum absolute atomic E-state index is 12.6. The highest BCUT2D eigenvalue weighted by Crippen LogP contribution is 2.40. The molecule has 22 heavy (non-hydrogen) atoms. The number of piperidine rings is 1. The van der Waals surface area contributed by atoms with Crippen LogP contribution in [-0.4, -0.2) is 44.1 Å². The van der Waals surface area contributed by atoms with E-state index < -0.39 is 11.1 Å². The molecule has 2 heterocycles. The monoisotopic (exact) mass is 302 g/mol. The highest BCUT2D eigenvalue weighted by Gasteiger charge is 2.50. The molecule has 0 bridgehead atoms. The van der Waals surface area contributed by atoms with E-state index in [-0.39, 0.29) is 17.9 Å². The van der Waals surface area contributed by atoms with Gasteiger partial charge in [-0.2, -0.15) is 5.06 Å². The molecule has 2 aliphatic rings. The number of hydrogen-bond acceptors (Lipinski definition) is 4. The van der Waals surface area contributed by atoms with Crippen molar-refractivity contribution < 1.29 is 14.8 Å². The van der Waals surface area contributed by atoms with Crippen LogP contribution >= 0.6 is 0 Å². The number of carbonyl (C=O) groups excluding carboxylic acids is 2. The second-order valence-electron chi connectivity index (χ2n) is 7.52. The summed E-state index contributed by atoms with van der Waals surface area (Å²) in [4.78, 5) is 26.7. The quantitative estimate of drug-likeness (QED) is 0.810. The Bertz CT molecular complexity index is 598. The van der Waals surface area contributed by atoms with Gasteiger partial charge in [-0.05, 0) is 52.7 Å². The minimum atomic E-state index is -0.498. The third kappa shape index (κ3) is 2.08. The summed E-state index contributed by atoms with van der Waals surface area (Å²) in [6, 6.07) is 6.75. The lowest BCUT2D eigenvalue weighted by atomic mass is 9.78. The predicted molar refractivity (Wildman–Crippen MR) is 81.7 cm³/mol. The molecule has 0 aromatic heterocycles. The predicted octanol–water partition coefficient (Wildman–Crippen LogP) is 2.69. The average Bonchev–Trinajstić information content (AvgIpc) is 2.68. The van der Waals surface area contributed by atoms with Gasteiger partial charge in [-0.1, -0.05) is 12.1 Å². The fraction of sp³-hybridized carbons (Fsp3) is 0.529. The molecule has 5 heteroatoms. The summed E-state index contributed by atoms with van der Waals surface area (Å²) >= 11 is 0. The molecule has 0 aliphatic carbocycles. The Morgan fingerprint density at radius 1 is 0.955 bits per heavy atom. The summed E-state index contributed by atoms with van der Waals surface area (Å²) in [6.45, 7) is 7.72. The van der Waals surface area contributed by atoms with Crippen molar-refractivity contribution in [3.05, 3.63) is 35.4 Å². The van der Waals surface area contributed by atoms with E-state index in [9.17, 15) is 14.8 Å². The molecule has 2 aliphatic heterocycles. The maximum atomic E-state index is 12.6. The average molecular weight is 302 g/mol. The van der Waals surface area contributed by atoms with Crippen molar-refractivity contribution in [2.24, 2.45) is 0 Å². The lowest BCUT2D eigenvalue weighted by molar-refractivity contribution is -0.249. The van der Waals surface area contributed by atoms with Crippen LogP contribution in [0.5, 0.6) is 0 Å². The van der Waals surface area contributed by atoms with Crippen molar-refractivity contribution >= 4 is 11.8 Å². The van der Waals surface area contributed by atoms with E-state index in [2.05, 4.69) is 0 Å². The van der Waals surface area contributed by atoms with Crippen LogP contribution in [0.4, 0.5) is 0 Å². The second kappa shape index (κ2) is 4.64. The van der Waals surface area contributed by atoms with Crippen LogP contribution in [-0.2, 0) is 0 Å². The number of carbonyl (C=O) groups is 2. The fourth-order valence-electron chi connectivity index (χ4n) is 3.94. The van der Waals surface area contributed by atoms with Gasteiger partial charge in [0.15, 0.2) is 0 Å². The van der Waals surface area contributed by atoms with Gasteiger partial charge in [-0.25, -0.2) is 0 Å². The van der Waals surface area contributed by atoms with Gasteiger partial charge in [-0.15, -0.1) is 0 Å². The van der Waals surface area contributed by atoms with E-state index in [4.69, 9.17) is 0 Å². The van der Waals surface area contributed by atoms with Crippen LogP contribution in [0.3, 0.4) is 0 Å². The molecule has 1 N–H and O–H groups in total. The number of amides is 2. The molecule has 1 aromatic rings. The first-order valence-corrected chi connectivity index (χ1v) is 7.61. The Morgan fingerprint density at radius 3 is 1.77 bits per heavy atom. The SMILES string of the molecule is CC1(C)CC(N2C(=O)c3ccccc3C2=O)CC(C)(C)N1O. The third-order valence-electron chi connectivity index (χ3n) is 4.81. The smallest absolute Gasteiger partial charge is 0.261 e. The maximum Gasteiger partial charge on any atom is 0.261 e. The Morgan fingerprint density at radius 2 is 1.36 bits per heavy atom. The highest BCUT2D eigenvalue weighted by molar-refractivity contribution is 6.21. The summed E-state index contributed by atoms with van der Waals surface area (Å²) in [5.41, 5.74) is -0.0344. The van der Waals surface area contributed by atoms with Crippen LogP contribution in [0.2, 0.25) is 0 Å². The van der Waals surface area contributed by atoms with Gasteiger partial charge >= 0.3 is 0 Å². The van der Waals surface area contributed by atoms with Crippen molar-refractivity contribution in [3.63, 3.8) is 0 Å². The van der Waals surface area contributed by atoms with Crippen LogP contribution in [0.1, 0.15) is 61.3 Å². The van der Waals surface area contributed by atoms with Crippen LogP contribution in [0, 0.1) is 0 Å². The van der Waals surface area contributed by atoms with Gasteiger partial charge in [0.1, 0.15) is 0 Å². The number of imide groups is 1. The first-order valence-electron chi connectivity index (χ1n) is 7.61. The first kappa shape index (κ1) is 15.2. The zero-order valence-corrected chi connectivity index (χ0v) is 13.5. The summed E-state index contributed by atoms with van der Waals surface area (Å²) in [6.07, 6.45) is 1.11. The van der Waals surface area contributed by atoms with Crippen molar-refractivity contribution in [2.45, 2.75) is 57.7 Å². The Balaban J connectivity index is 1.96. The van der Waals surface area contributed by atoms with E-state index in [1.807, 2.05) is 27.7 Å². The van der Waals surface area contributed by atoms with Crippen molar-refractivity contribution in [1.29, 1.82) is 0 Å². The third-order valence-corrected chi connectivity index (χ3v) is 4.81. The van der Waals surface area contributed by atoms with E-state index >= 15 is 0 Å². The molecule has 0 unspecified atom stereocenters. The van der Waals surface area contributed by atoms with Crippen molar-refractivity contribution in [3.8, 4) is 0 Å². The Kier molecular flexibility index (Phi) is 3.20. The fourth-order valence-corrected chi connectivity index (χ4v) is 3.94. The molecule has 1 aromatic carbocycles. The Hall–Kier alpha value is -1.72. The van der Waals surface area contributed by atoms with Gasteiger partial charge < -0.3 is 5.21 Å². The second-order valence-corrected chi connectivity index (χ2v) is 7.52. The minimum Gasteiger partial charge on any atom is -0.313 e. The molecular weight excluding hydrogens is 280 g/mol. The number of nitrogens with zero attached hydrogens (tertiary/aromatic N) is 2. The molecule has 2 amide bonds. The standard InChI is InChI=1S/C17H22N2O3/c1-16(2)9-11(10-17(3,4)19(16)22)18-14(20)12-7-5-6-8-13(12)15(18)21/h5-8,11,22H,9-10H2,1-4H3. The number of rotatable bonds is 1. The molecule has 118 valence electrons. The van der Waals surface area contributed by atoms with Gasteiger partial charge in [0.05, 0.1) is 11.1 Å². The van der Waals surface area contributed by atoms with Crippen LogP contribution in [0.25, 0.3) is 0 Å². The molecule has 3 rings (SSSR count). The van der Waals surface area contributed by atoms with Gasteiger partial charge in [0, 0.05) is 17.1 Å². The normalized spacial score (nSPS) is 24.7. The molecule has 1 fully saturated rings. The molecule has 0 atom stereocenters. The first-order chi connectivity index (χ1) is 10.1. The zero-order valence-electron chi connectivity index (χ0n) is 13.5. The molecular formula is C17H22N2O3. The highest BCUT2D eigenvalue weighted by atomic mass is 16.5. The molecule has 0 radical (unpaired) electrons. The molecule has 5 nitrogen and oxygen atoms in total. The summed E-state index contributed by atoms with van der Waals surface area (Å²) in [7, 11) is 0. The van der Waals surface area contributed by atoms with Gasteiger partial charge in [-0.3, -0.25) is 14.5 Å². The number of hydrogen-bond donors (Lipinski definition) is 1. The molecule has 1 saturated heterocycles. The van der Waals surface area contributed by atoms with E-state index in [1.54, 1.807) is 24.3 Å². The van der Waals surface area contributed by atoms with Gasteiger partial charge in [0.25, 0.3) is 11.8 Å². The van der Waals surface area contributed by atoms with Crippen molar-refractivity contribution in [2.75, 3.05) is 0 Å². The zero-order chi connectivity index (χ0) is 16.3. The molecule has 0 spiro atoms. The van der Waals surface area contributed by atoms with Gasteiger partial charge in [0.2, 0.25) is 0 Å². The minimum absolute atomic E-state index is 0.208. The number of hydroxylamine groups is 2. The number of benzene rings is 1. The molecule has 0 saturated carbocycles. The van der Waals surface area contributed by atoms with Crippen LogP contribution < -0.4 is 0 Å². The lowest BCUT2D eigenvalue weighted by Gasteiger charge is -2.52.